The van der Waals surface area contributed by atoms with Crippen molar-refractivity contribution in [2.45, 2.75) is 33.4 Å². The number of aromatic nitrogens is 2. The fraction of sp³-hybridized carbons (Fsp3) is 0.273. The van der Waals surface area contributed by atoms with Gasteiger partial charge in [0.2, 0.25) is 0 Å². The second kappa shape index (κ2) is 8.18. The van der Waals surface area contributed by atoms with Crippen LogP contribution in [0.25, 0.3) is 11.3 Å². The Morgan fingerprint density at radius 1 is 1.07 bits per heavy atom. The van der Waals surface area contributed by atoms with Crippen LogP contribution in [-0.2, 0) is 6.54 Å². The molecular formula is C22H25N3O2. The van der Waals surface area contributed by atoms with E-state index in [1.54, 1.807) is 17.8 Å². The van der Waals surface area contributed by atoms with Crippen molar-refractivity contribution in [3.05, 3.63) is 77.0 Å². The van der Waals surface area contributed by atoms with Crippen LogP contribution < -0.4 is 5.32 Å². The molecule has 5 heteroatoms. The number of amides is 1. The molecule has 0 fully saturated rings. The Morgan fingerprint density at radius 3 is 2.26 bits per heavy atom. The number of nitrogens with zero attached hydrogens (tertiary/aromatic N) is 2. The molecule has 5 nitrogen and oxygen atoms in total. The van der Waals surface area contributed by atoms with E-state index in [4.69, 9.17) is 0 Å². The fourth-order valence-electron chi connectivity index (χ4n) is 2.82. The van der Waals surface area contributed by atoms with Gasteiger partial charge in [0.15, 0.2) is 0 Å². The Hall–Kier alpha value is -2.92. The first-order valence-corrected chi connectivity index (χ1v) is 9.08. The average molecular weight is 363 g/mol. The van der Waals surface area contributed by atoms with Gasteiger partial charge in [-0.15, -0.1) is 0 Å². The lowest BCUT2D eigenvalue weighted by Gasteiger charge is -2.10. The molecule has 140 valence electrons. The number of benzene rings is 2. The van der Waals surface area contributed by atoms with E-state index >= 15 is 0 Å². The predicted octanol–water partition coefficient (Wildman–Crippen LogP) is 3.33. The van der Waals surface area contributed by atoms with Crippen LogP contribution in [0.15, 0.2) is 54.7 Å². The zero-order chi connectivity index (χ0) is 19.4. The molecule has 0 aliphatic carbocycles. The zero-order valence-corrected chi connectivity index (χ0v) is 15.9. The maximum Gasteiger partial charge on any atom is 0.255 e. The number of aliphatic hydroxyl groups is 1. The van der Waals surface area contributed by atoms with Crippen molar-refractivity contribution in [2.24, 2.45) is 0 Å². The van der Waals surface area contributed by atoms with E-state index in [0.29, 0.717) is 17.8 Å². The molecule has 2 N–H and O–H groups in total. The monoisotopic (exact) mass is 363 g/mol. The molecule has 1 atom stereocenters. The number of nitrogens with one attached hydrogen (secondary N) is 1. The normalized spacial score (nSPS) is 12.0. The molecule has 0 aliphatic heterocycles. The van der Waals surface area contributed by atoms with Gasteiger partial charge in [-0.25, -0.2) is 0 Å². The first-order chi connectivity index (χ1) is 13.0. The van der Waals surface area contributed by atoms with Gasteiger partial charge in [-0.05, 0) is 26.3 Å². The quantitative estimate of drug-likeness (QED) is 0.706. The van der Waals surface area contributed by atoms with Gasteiger partial charge < -0.3 is 10.4 Å². The third kappa shape index (κ3) is 4.63. The van der Waals surface area contributed by atoms with Crippen LogP contribution in [0.1, 0.15) is 34.0 Å². The lowest BCUT2D eigenvalue weighted by Crippen LogP contribution is -2.35. The molecule has 0 aliphatic rings. The van der Waals surface area contributed by atoms with Crippen LogP contribution in [0.4, 0.5) is 0 Å². The Balaban J connectivity index is 1.96. The minimum absolute atomic E-state index is 0.108. The number of rotatable bonds is 6. The number of carbonyl (C=O) groups is 1. The summed E-state index contributed by atoms with van der Waals surface area (Å²) < 4.78 is 1.79. The largest absolute Gasteiger partial charge is 0.394 e. The molecule has 27 heavy (non-hydrogen) atoms. The lowest BCUT2D eigenvalue weighted by atomic mass is 10.1. The van der Waals surface area contributed by atoms with Crippen molar-refractivity contribution in [3.63, 3.8) is 0 Å². The zero-order valence-electron chi connectivity index (χ0n) is 15.9. The SMILES string of the molecule is Cc1ccc(Cn2cc(C(=O)NC(C)CO)c(-c3ccc(C)cc3)n2)cc1. The van der Waals surface area contributed by atoms with Crippen molar-refractivity contribution in [3.8, 4) is 11.3 Å². The van der Waals surface area contributed by atoms with Crippen LogP contribution in [0.2, 0.25) is 0 Å². The van der Waals surface area contributed by atoms with Crippen LogP contribution in [0.5, 0.6) is 0 Å². The molecule has 1 heterocycles. The maximum absolute atomic E-state index is 12.7. The third-order valence-corrected chi connectivity index (χ3v) is 4.45. The van der Waals surface area contributed by atoms with Gasteiger partial charge in [0.1, 0.15) is 5.69 Å². The Bertz CT molecular complexity index is 912. The van der Waals surface area contributed by atoms with Crippen molar-refractivity contribution in [1.82, 2.24) is 15.1 Å². The van der Waals surface area contributed by atoms with E-state index in [9.17, 15) is 9.90 Å². The van der Waals surface area contributed by atoms with E-state index in [-0.39, 0.29) is 18.6 Å². The van der Waals surface area contributed by atoms with Crippen molar-refractivity contribution in [1.29, 1.82) is 0 Å². The molecule has 3 aromatic rings. The molecule has 0 spiro atoms. The minimum atomic E-state index is -0.316. The summed E-state index contributed by atoms with van der Waals surface area (Å²) in [5, 5.41) is 16.7. The molecule has 1 aromatic heterocycles. The van der Waals surface area contributed by atoms with Crippen LogP contribution in [0, 0.1) is 13.8 Å². The van der Waals surface area contributed by atoms with Gasteiger partial charge >= 0.3 is 0 Å². The van der Waals surface area contributed by atoms with Crippen molar-refractivity contribution < 1.29 is 9.90 Å². The summed E-state index contributed by atoms with van der Waals surface area (Å²) in [6, 6.07) is 15.9. The average Bonchev–Trinajstić information content (AvgIpc) is 3.08. The number of aryl methyl sites for hydroxylation is 2. The van der Waals surface area contributed by atoms with Crippen molar-refractivity contribution in [2.75, 3.05) is 6.61 Å². The van der Waals surface area contributed by atoms with Crippen LogP contribution in [0.3, 0.4) is 0 Å². The second-order valence-corrected chi connectivity index (χ2v) is 7.00. The lowest BCUT2D eigenvalue weighted by molar-refractivity contribution is 0.0923. The molecule has 2 aromatic carbocycles. The van der Waals surface area contributed by atoms with E-state index in [2.05, 4.69) is 41.6 Å². The van der Waals surface area contributed by atoms with Gasteiger partial charge in [-0.3, -0.25) is 9.48 Å². The molecule has 1 unspecified atom stereocenters. The summed E-state index contributed by atoms with van der Waals surface area (Å²) in [6.45, 7) is 6.32. The topological polar surface area (TPSA) is 67.2 Å². The highest BCUT2D eigenvalue weighted by Gasteiger charge is 2.19. The van der Waals surface area contributed by atoms with Crippen LogP contribution >= 0.6 is 0 Å². The maximum atomic E-state index is 12.7. The van der Waals surface area contributed by atoms with Gasteiger partial charge in [0.25, 0.3) is 5.91 Å². The number of carbonyl (C=O) groups excluding carboxylic acids is 1. The van der Waals surface area contributed by atoms with Crippen molar-refractivity contribution >= 4 is 5.91 Å². The fourth-order valence-corrected chi connectivity index (χ4v) is 2.82. The number of aliphatic hydroxyl groups excluding tert-OH is 1. The van der Waals surface area contributed by atoms with E-state index in [0.717, 1.165) is 16.7 Å². The van der Waals surface area contributed by atoms with E-state index in [1.807, 2.05) is 31.2 Å². The summed E-state index contributed by atoms with van der Waals surface area (Å²) in [5.41, 5.74) is 5.52. The molecule has 0 saturated carbocycles. The predicted molar refractivity (Wildman–Crippen MR) is 107 cm³/mol. The van der Waals surface area contributed by atoms with Gasteiger partial charge in [0, 0.05) is 17.8 Å². The first-order valence-electron chi connectivity index (χ1n) is 9.08. The second-order valence-electron chi connectivity index (χ2n) is 7.00. The van der Waals surface area contributed by atoms with E-state index < -0.39 is 0 Å². The Labute approximate surface area is 159 Å². The molecular weight excluding hydrogens is 338 g/mol. The molecule has 0 bridgehead atoms. The number of hydrogen-bond acceptors (Lipinski definition) is 3. The highest BCUT2D eigenvalue weighted by molar-refractivity contribution is 6.00. The van der Waals surface area contributed by atoms with Gasteiger partial charge in [-0.1, -0.05) is 59.7 Å². The number of hydrogen-bond donors (Lipinski definition) is 2. The molecule has 0 saturated heterocycles. The Kier molecular flexibility index (Phi) is 5.72. The summed E-state index contributed by atoms with van der Waals surface area (Å²) in [5.74, 6) is -0.234. The van der Waals surface area contributed by atoms with Crippen LogP contribution in [-0.4, -0.2) is 33.4 Å². The highest BCUT2D eigenvalue weighted by Crippen LogP contribution is 2.23. The summed E-state index contributed by atoms with van der Waals surface area (Å²) in [7, 11) is 0. The molecule has 0 radical (unpaired) electrons. The van der Waals surface area contributed by atoms with E-state index in [1.165, 1.54) is 5.56 Å². The minimum Gasteiger partial charge on any atom is -0.394 e. The standard InChI is InChI=1S/C22H25N3O2/c1-15-4-8-18(9-5-15)12-25-13-20(22(27)23-17(3)14-26)21(24-25)19-10-6-16(2)7-11-19/h4-11,13,17,26H,12,14H2,1-3H3,(H,23,27). The molecule has 3 rings (SSSR count). The first kappa shape index (κ1) is 18.9. The van der Waals surface area contributed by atoms with Gasteiger partial charge in [-0.2, -0.15) is 5.10 Å². The summed E-state index contributed by atoms with van der Waals surface area (Å²) in [6.07, 6.45) is 1.77. The Morgan fingerprint density at radius 2 is 1.67 bits per heavy atom. The third-order valence-electron chi connectivity index (χ3n) is 4.45. The molecule has 1 amide bonds. The highest BCUT2D eigenvalue weighted by atomic mass is 16.3. The summed E-state index contributed by atoms with van der Waals surface area (Å²) >= 11 is 0. The van der Waals surface area contributed by atoms with Gasteiger partial charge in [0.05, 0.1) is 18.7 Å². The smallest absolute Gasteiger partial charge is 0.255 e. The summed E-state index contributed by atoms with van der Waals surface area (Å²) in [4.78, 5) is 12.7.